The minimum absolute atomic E-state index is 0.122. The highest BCUT2D eigenvalue weighted by molar-refractivity contribution is 5.93. The van der Waals surface area contributed by atoms with Gasteiger partial charge < -0.3 is 14.7 Å². The summed E-state index contributed by atoms with van der Waals surface area (Å²) < 4.78 is 5.28. The zero-order chi connectivity index (χ0) is 17.8. The van der Waals surface area contributed by atoms with E-state index < -0.39 is 11.9 Å². The summed E-state index contributed by atoms with van der Waals surface area (Å²) in [5.41, 5.74) is 3.20. The number of nitrogens with zero attached hydrogens (tertiary/aromatic N) is 2. The maximum atomic E-state index is 12.7. The molecule has 0 bridgehead atoms. The van der Waals surface area contributed by atoms with Gasteiger partial charge in [0.05, 0.1) is 24.8 Å². The van der Waals surface area contributed by atoms with E-state index in [1.807, 2.05) is 24.3 Å². The first kappa shape index (κ1) is 17.2. The third kappa shape index (κ3) is 3.88. The summed E-state index contributed by atoms with van der Waals surface area (Å²) in [5.74, 6) is -1.93. The van der Waals surface area contributed by atoms with Crippen LogP contribution in [0.15, 0.2) is 30.3 Å². The number of carbonyl (C=O) groups is 2. The Bertz CT molecular complexity index is 754. The lowest BCUT2D eigenvalue weighted by molar-refractivity contribution is -0.143. The summed E-state index contributed by atoms with van der Waals surface area (Å²) in [5, 5.41) is 16.2. The molecule has 132 valence electrons. The number of aromatic nitrogens is 2. The minimum Gasteiger partial charge on any atom is -0.481 e. The minimum atomic E-state index is -0.957. The van der Waals surface area contributed by atoms with Crippen molar-refractivity contribution in [1.82, 2.24) is 15.1 Å². The van der Waals surface area contributed by atoms with Crippen LogP contribution in [0.4, 0.5) is 0 Å². The fraction of sp³-hybridized carbons (Fsp3) is 0.389. The molecular weight excluding hydrogens is 322 g/mol. The van der Waals surface area contributed by atoms with Crippen molar-refractivity contribution in [2.24, 2.45) is 5.92 Å². The number of hydrogen-bond acceptors (Lipinski definition) is 4. The Labute approximate surface area is 145 Å². The molecule has 0 radical (unpaired) electrons. The first-order valence-corrected chi connectivity index (χ1v) is 8.33. The average molecular weight is 343 g/mol. The highest BCUT2D eigenvalue weighted by Crippen LogP contribution is 2.20. The number of nitrogens with one attached hydrogen (secondary N) is 1. The Balaban J connectivity index is 1.76. The van der Waals surface area contributed by atoms with E-state index in [-0.39, 0.29) is 19.1 Å². The first-order chi connectivity index (χ1) is 12.1. The third-order valence-electron chi connectivity index (χ3n) is 4.37. The molecule has 1 atom stereocenters. The van der Waals surface area contributed by atoms with Gasteiger partial charge in [0.15, 0.2) is 0 Å². The molecule has 0 saturated carbocycles. The van der Waals surface area contributed by atoms with Gasteiger partial charge in [-0.15, -0.1) is 0 Å². The van der Waals surface area contributed by atoms with Crippen molar-refractivity contribution in [3.05, 3.63) is 41.6 Å². The van der Waals surface area contributed by atoms with Gasteiger partial charge in [-0.3, -0.25) is 14.7 Å². The second kappa shape index (κ2) is 7.48. The largest absolute Gasteiger partial charge is 0.481 e. The quantitative estimate of drug-likeness (QED) is 0.883. The predicted octanol–water partition coefficient (Wildman–Crippen LogP) is 1.81. The van der Waals surface area contributed by atoms with Crippen molar-refractivity contribution < 1.29 is 19.4 Å². The van der Waals surface area contributed by atoms with Gasteiger partial charge >= 0.3 is 5.97 Å². The van der Waals surface area contributed by atoms with E-state index in [2.05, 4.69) is 17.1 Å². The number of rotatable bonds is 4. The summed E-state index contributed by atoms with van der Waals surface area (Å²) in [6.07, 6.45) is 0.965. The summed E-state index contributed by atoms with van der Waals surface area (Å²) in [6.45, 7) is 3.04. The van der Waals surface area contributed by atoms with Crippen LogP contribution in [0.5, 0.6) is 0 Å². The Morgan fingerprint density at radius 3 is 2.80 bits per heavy atom. The van der Waals surface area contributed by atoms with Crippen LogP contribution < -0.4 is 0 Å². The van der Waals surface area contributed by atoms with Crippen LogP contribution in [-0.2, 0) is 16.0 Å². The van der Waals surface area contributed by atoms with Crippen LogP contribution in [-0.4, -0.2) is 58.4 Å². The van der Waals surface area contributed by atoms with E-state index >= 15 is 0 Å². The van der Waals surface area contributed by atoms with Crippen molar-refractivity contribution >= 4 is 11.9 Å². The number of aliphatic carboxylic acids is 1. The summed E-state index contributed by atoms with van der Waals surface area (Å²) >= 11 is 0. The molecule has 0 spiro atoms. The molecular formula is C18H21N3O4. The maximum absolute atomic E-state index is 12.7. The van der Waals surface area contributed by atoms with Crippen LogP contribution in [0.3, 0.4) is 0 Å². The summed E-state index contributed by atoms with van der Waals surface area (Å²) in [7, 11) is 0. The van der Waals surface area contributed by atoms with E-state index in [1.165, 1.54) is 10.5 Å². The van der Waals surface area contributed by atoms with E-state index in [1.54, 1.807) is 6.07 Å². The van der Waals surface area contributed by atoms with Gasteiger partial charge in [-0.1, -0.05) is 31.2 Å². The van der Waals surface area contributed by atoms with Crippen LogP contribution >= 0.6 is 0 Å². The molecule has 2 heterocycles. The summed E-state index contributed by atoms with van der Waals surface area (Å²) in [6, 6.07) is 9.72. The number of aromatic amines is 1. The number of amides is 1. The SMILES string of the molecule is CCc1ccc(-c2cc(C(=O)N3CCOCC(C(=O)O)C3)[nH]n2)cc1. The highest BCUT2D eigenvalue weighted by atomic mass is 16.5. The molecule has 1 unspecified atom stereocenters. The molecule has 1 aliphatic heterocycles. The zero-order valence-electron chi connectivity index (χ0n) is 14.1. The maximum Gasteiger partial charge on any atom is 0.310 e. The molecule has 1 aromatic heterocycles. The van der Waals surface area contributed by atoms with Crippen molar-refractivity contribution in [1.29, 1.82) is 0 Å². The number of carboxylic acids is 1. The second-order valence-corrected chi connectivity index (χ2v) is 6.08. The van der Waals surface area contributed by atoms with Gasteiger partial charge in [-0.2, -0.15) is 5.10 Å². The van der Waals surface area contributed by atoms with Crippen molar-refractivity contribution in [3.8, 4) is 11.3 Å². The molecule has 7 heteroatoms. The molecule has 1 fully saturated rings. The topological polar surface area (TPSA) is 95.5 Å². The molecule has 3 rings (SSSR count). The van der Waals surface area contributed by atoms with Crippen LogP contribution in [0.25, 0.3) is 11.3 Å². The first-order valence-electron chi connectivity index (χ1n) is 8.33. The average Bonchev–Trinajstić information content (AvgIpc) is 2.98. The van der Waals surface area contributed by atoms with E-state index in [0.29, 0.717) is 24.5 Å². The van der Waals surface area contributed by atoms with Crippen LogP contribution in [0.1, 0.15) is 23.0 Å². The summed E-state index contributed by atoms with van der Waals surface area (Å²) in [4.78, 5) is 25.4. The van der Waals surface area contributed by atoms with Crippen molar-refractivity contribution in [2.45, 2.75) is 13.3 Å². The number of hydrogen-bond donors (Lipinski definition) is 2. The number of benzene rings is 1. The van der Waals surface area contributed by atoms with Crippen molar-refractivity contribution in [3.63, 3.8) is 0 Å². The van der Waals surface area contributed by atoms with Crippen molar-refractivity contribution in [2.75, 3.05) is 26.3 Å². The lowest BCUT2D eigenvalue weighted by Gasteiger charge is -2.20. The highest BCUT2D eigenvalue weighted by Gasteiger charge is 2.28. The Hall–Kier alpha value is -2.67. The third-order valence-corrected chi connectivity index (χ3v) is 4.37. The van der Waals surface area contributed by atoms with Gasteiger partial charge in [0, 0.05) is 18.7 Å². The molecule has 1 aromatic carbocycles. The number of carbonyl (C=O) groups excluding carboxylic acids is 1. The second-order valence-electron chi connectivity index (χ2n) is 6.08. The molecule has 1 amide bonds. The molecule has 2 aromatic rings. The standard InChI is InChI=1S/C18H21N3O4/c1-2-12-3-5-13(6-4-12)15-9-16(20-19-15)17(22)21-7-8-25-11-14(10-21)18(23)24/h3-6,9,14H,2,7-8,10-11H2,1H3,(H,19,20)(H,23,24). The van der Waals surface area contributed by atoms with E-state index in [4.69, 9.17) is 4.74 Å². The monoisotopic (exact) mass is 343 g/mol. The van der Waals surface area contributed by atoms with E-state index in [9.17, 15) is 14.7 Å². The lowest BCUT2D eigenvalue weighted by atomic mass is 10.1. The molecule has 0 aliphatic carbocycles. The van der Waals surface area contributed by atoms with E-state index in [0.717, 1.165) is 12.0 Å². The zero-order valence-corrected chi connectivity index (χ0v) is 14.1. The number of aryl methyl sites for hydroxylation is 1. The van der Waals surface area contributed by atoms with Crippen LogP contribution in [0.2, 0.25) is 0 Å². The Morgan fingerprint density at radius 2 is 2.12 bits per heavy atom. The van der Waals surface area contributed by atoms with Gasteiger partial charge in [0.1, 0.15) is 5.69 Å². The Kier molecular flexibility index (Phi) is 5.14. The Morgan fingerprint density at radius 1 is 1.36 bits per heavy atom. The van der Waals surface area contributed by atoms with Gasteiger partial charge in [-0.05, 0) is 18.1 Å². The fourth-order valence-corrected chi connectivity index (χ4v) is 2.80. The molecule has 7 nitrogen and oxygen atoms in total. The van der Waals surface area contributed by atoms with Gasteiger partial charge in [0.2, 0.25) is 0 Å². The van der Waals surface area contributed by atoms with Crippen LogP contribution in [0, 0.1) is 5.92 Å². The van der Waals surface area contributed by atoms with Gasteiger partial charge in [0.25, 0.3) is 5.91 Å². The number of ether oxygens (including phenoxy) is 1. The smallest absolute Gasteiger partial charge is 0.310 e. The normalized spacial score (nSPS) is 18.0. The van der Waals surface area contributed by atoms with Gasteiger partial charge in [-0.25, -0.2) is 0 Å². The number of carboxylic acid groups (broad SMARTS) is 1. The predicted molar refractivity (Wildman–Crippen MR) is 91.3 cm³/mol. The molecule has 1 aliphatic rings. The number of H-pyrrole nitrogens is 1. The fourth-order valence-electron chi connectivity index (χ4n) is 2.80. The molecule has 25 heavy (non-hydrogen) atoms. The molecule has 2 N–H and O–H groups in total. The lowest BCUT2D eigenvalue weighted by Crippen LogP contribution is -2.38. The molecule has 1 saturated heterocycles.